The summed E-state index contributed by atoms with van der Waals surface area (Å²) in [6, 6.07) is 0.430. The van der Waals surface area contributed by atoms with Crippen molar-refractivity contribution in [1.29, 1.82) is 0 Å². The Kier molecular flexibility index (Phi) is 11.5. The Labute approximate surface area is 158 Å². The van der Waals surface area contributed by atoms with E-state index in [1.807, 2.05) is 6.20 Å². The number of nitrogens with zero attached hydrogens (tertiary/aromatic N) is 3. The molecule has 144 valence electrons. The number of thiazole rings is 1. The maximum atomic E-state index is 4.71. The van der Waals surface area contributed by atoms with Gasteiger partial charge in [0.05, 0.1) is 5.01 Å². The first-order chi connectivity index (χ1) is 12.1. The second-order valence-electron chi connectivity index (χ2n) is 6.30. The smallest absolute Gasteiger partial charge is 0.191 e. The standard InChI is InChI=1S/C19H37N5S/c1-6-17-15-22-18(25-17)12-13-21-19(20-7-2)23-16(5)11-10-14-24(8-3)9-4/h15-16H,6-14H2,1-5H3,(H2,20,21,23). The maximum Gasteiger partial charge on any atom is 0.191 e. The van der Waals surface area contributed by atoms with Crippen molar-refractivity contribution in [3.63, 3.8) is 0 Å². The summed E-state index contributed by atoms with van der Waals surface area (Å²) >= 11 is 1.80. The largest absolute Gasteiger partial charge is 0.357 e. The topological polar surface area (TPSA) is 52.6 Å². The van der Waals surface area contributed by atoms with Crippen LogP contribution in [-0.2, 0) is 12.8 Å². The summed E-state index contributed by atoms with van der Waals surface area (Å²) in [6.45, 7) is 16.1. The quantitative estimate of drug-likeness (QED) is 0.440. The molecule has 0 spiro atoms. The molecular weight excluding hydrogens is 330 g/mol. The van der Waals surface area contributed by atoms with Gasteiger partial charge in [-0.25, -0.2) is 4.98 Å². The van der Waals surface area contributed by atoms with Crippen LogP contribution < -0.4 is 10.6 Å². The molecule has 5 nitrogen and oxygen atoms in total. The lowest BCUT2D eigenvalue weighted by atomic mass is 10.2. The first kappa shape index (κ1) is 21.9. The molecule has 1 aromatic heterocycles. The molecular formula is C19H37N5S. The first-order valence-corrected chi connectivity index (χ1v) is 10.6. The summed E-state index contributed by atoms with van der Waals surface area (Å²) in [5.41, 5.74) is 0. The summed E-state index contributed by atoms with van der Waals surface area (Å²) in [5, 5.41) is 8.07. The fourth-order valence-electron chi connectivity index (χ4n) is 2.68. The van der Waals surface area contributed by atoms with Gasteiger partial charge in [-0.2, -0.15) is 0 Å². The second-order valence-corrected chi connectivity index (χ2v) is 7.50. The molecule has 2 N–H and O–H groups in total. The van der Waals surface area contributed by atoms with Crippen LogP contribution >= 0.6 is 11.3 Å². The zero-order valence-electron chi connectivity index (χ0n) is 16.8. The van der Waals surface area contributed by atoms with Crippen LogP contribution in [0.1, 0.15) is 57.3 Å². The van der Waals surface area contributed by atoms with E-state index in [0.717, 1.165) is 51.4 Å². The van der Waals surface area contributed by atoms with E-state index in [9.17, 15) is 0 Å². The molecule has 25 heavy (non-hydrogen) atoms. The Morgan fingerprint density at radius 3 is 2.64 bits per heavy atom. The molecule has 0 amide bonds. The number of aryl methyl sites for hydroxylation is 1. The second kappa shape index (κ2) is 13.1. The van der Waals surface area contributed by atoms with Crippen LogP contribution in [-0.4, -0.2) is 54.6 Å². The van der Waals surface area contributed by atoms with Crippen molar-refractivity contribution in [3.8, 4) is 0 Å². The van der Waals surface area contributed by atoms with Gasteiger partial charge in [0.15, 0.2) is 5.96 Å². The summed E-state index contributed by atoms with van der Waals surface area (Å²) in [5.74, 6) is 0.921. The van der Waals surface area contributed by atoms with Crippen LogP contribution in [0, 0.1) is 0 Å². The Bertz CT molecular complexity index is 482. The average Bonchev–Trinajstić information content (AvgIpc) is 3.07. The van der Waals surface area contributed by atoms with Gasteiger partial charge in [-0.05, 0) is 52.7 Å². The van der Waals surface area contributed by atoms with E-state index in [2.05, 4.69) is 55.1 Å². The lowest BCUT2D eigenvalue weighted by molar-refractivity contribution is 0.292. The summed E-state index contributed by atoms with van der Waals surface area (Å²) in [6.07, 6.45) is 6.35. The SMILES string of the molecule is CCNC(=NCCc1ncc(CC)s1)NC(C)CCCN(CC)CC. The molecule has 6 heteroatoms. The minimum atomic E-state index is 0.430. The number of nitrogens with one attached hydrogen (secondary N) is 2. The van der Waals surface area contributed by atoms with Gasteiger partial charge in [-0.15, -0.1) is 11.3 Å². The number of aliphatic imine (C=N–C) groups is 1. The molecule has 1 atom stereocenters. The van der Waals surface area contributed by atoms with Gasteiger partial charge < -0.3 is 15.5 Å². The third kappa shape index (κ3) is 9.21. The van der Waals surface area contributed by atoms with Crippen molar-refractivity contribution in [1.82, 2.24) is 20.5 Å². The number of hydrogen-bond acceptors (Lipinski definition) is 4. The fourth-order valence-corrected chi connectivity index (χ4v) is 3.53. The monoisotopic (exact) mass is 367 g/mol. The van der Waals surface area contributed by atoms with Gasteiger partial charge >= 0.3 is 0 Å². The minimum absolute atomic E-state index is 0.430. The third-order valence-corrected chi connectivity index (χ3v) is 5.48. The highest BCUT2D eigenvalue weighted by Crippen LogP contribution is 2.13. The summed E-state index contributed by atoms with van der Waals surface area (Å²) in [7, 11) is 0. The Morgan fingerprint density at radius 2 is 2.04 bits per heavy atom. The Balaban J connectivity index is 2.38. The molecule has 0 saturated carbocycles. The van der Waals surface area contributed by atoms with Gasteiger partial charge in [0.25, 0.3) is 0 Å². The Morgan fingerprint density at radius 1 is 1.28 bits per heavy atom. The van der Waals surface area contributed by atoms with Gasteiger partial charge in [0, 0.05) is 36.6 Å². The highest BCUT2D eigenvalue weighted by atomic mass is 32.1. The molecule has 1 heterocycles. The van der Waals surface area contributed by atoms with E-state index < -0.39 is 0 Å². The predicted octanol–water partition coefficient (Wildman–Crippen LogP) is 3.31. The molecule has 0 fully saturated rings. The Hall–Kier alpha value is -1.14. The van der Waals surface area contributed by atoms with Crippen LogP contribution in [0.4, 0.5) is 0 Å². The van der Waals surface area contributed by atoms with Crippen LogP contribution in [0.3, 0.4) is 0 Å². The molecule has 0 radical (unpaired) electrons. The number of hydrogen-bond donors (Lipinski definition) is 2. The van der Waals surface area contributed by atoms with Gasteiger partial charge in [0.2, 0.25) is 0 Å². The van der Waals surface area contributed by atoms with Gasteiger partial charge in [-0.1, -0.05) is 20.8 Å². The van der Waals surface area contributed by atoms with Crippen molar-refractivity contribution >= 4 is 17.3 Å². The summed E-state index contributed by atoms with van der Waals surface area (Å²) in [4.78, 5) is 13.0. The van der Waals surface area contributed by atoms with E-state index >= 15 is 0 Å². The third-order valence-electron chi connectivity index (χ3n) is 4.28. The van der Waals surface area contributed by atoms with E-state index in [1.165, 1.54) is 22.9 Å². The summed E-state index contributed by atoms with van der Waals surface area (Å²) < 4.78 is 0. The molecule has 1 unspecified atom stereocenters. The van der Waals surface area contributed by atoms with E-state index in [4.69, 9.17) is 4.99 Å². The van der Waals surface area contributed by atoms with Crippen molar-refractivity contribution in [2.45, 2.75) is 66.3 Å². The lowest BCUT2D eigenvalue weighted by Gasteiger charge is -2.21. The van der Waals surface area contributed by atoms with Crippen LogP contribution in [0.5, 0.6) is 0 Å². The number of rotatable bonds is 12. The average molecular weight is 368 g/mol. The van der Waals surface area contributed by atoms with Crippen molar-refractivity contribution in [3.05, 3.63) is 16.1 Å². The zero-order valence-corrected chi connectivity index (χ0v) is 17.6. The molecule has 1 aromatic rings. The number of guanidine groups is 1. The number of aromatic nitrogens is 1. The van der Waals surface area contributed by atoms with Crippen molar-refractivity contribution in [2.24, 2.45) is 4.99 Å². The van der Waals surface area contributed by atoms with Crippen LogP contribution in [0.15, 0.2) is 11.2 Å². The predicted molar refractivity (Wildman–Crippen MR) is 111 cm³/mol. The minimum Gasteiger partial charge on any atom is -0.357 e. The van der Waals surface area contributed by atoms with E-state index in [0.29, 0.717) is 6.04 Å². The molecule has 0 saturated heterocycles. The van der Waals surface area contributed by atoms with Gasteiger partial charge in [-0.3, -0.25) is 4.99 Å². The molecule has 0 bridgehead atoms. The van der Waals surface area contributed by atoms with Crippen molar-refractivity contribution in [2.75, 3.05) is 32.7 Å². The van der Waals surface area contributed by atoms with E-state index in [-0.39, 0.29) is 0 Å². The highest BCUT2D eigenvalue weighted by molar-refractivity contribution is 7.11. The molecule has 0 aliphatic rings. The zero-order chi connectivity index (χ0) is 18.5. The maximum absolute atomic E-state index is 4.71. The van der Waals surface area contributed by atoms with Gasteiger partial charge in [0.1, 0.15) is 0 Å². The van der Waals surface area contributed by atoms with Crippen LogP contribution in [0.2, 0.25) is 0 Å². The highest BCUT2D eigenvalue weighted by Gasteiger charge is 2.07. The first-order valence-electron chi connectivity index (χ1n) is 9.83. The molecule has 0 aromatic carbocycles. The molecule has 0 aliphatic heterocycles. The lowest BCUT2D eigenvalue weighted by Crippen LogP contribution is -2.42. The van der Waals surface area contributed by atoms with E-state index in [1.54, 1.807) is 11.3 Å². The normalized spacial score (nSPS) is 13.3. The van der Waals surface area contributed by atoms with Crippen molar-refractivity contribution < 1.29 is 0 Å². The van der Waals surface area contributed by atoms with Crippen LogP contribution in [0.25, 0.3) is 0 Å². The molecule has 0 aliphatic carbocycles. The fraction of sp³-hybridized carbons (Fsp3) is 0.789. The molecule has 1 rings (SSSR count).